The van der Waals surface area contributed by atoms with E-state index in [4.69, 9.17) is 4.42 Å². The molecule has 9 heteroatoms. The number of rotatable bonds is 4. The van der Waals surface area contributed by atoms with Crippen LogP contribution in [0.2, 0.25) is 0 Å². The van der Waals surface area contributed by atoms with E-state index in [1.54, 1.807) is 18.2 Å². The van der Waals surface area contributed by atoms with Crippen molar-refractivity contribution in [2.45, 2.75) is 63.8 Å². The summed E-state index contributed by atoms with van der Waals surface area (Å²) in [6.07, 6.45) is 5.60. The maximum Gasteiger partial charge on any atom is 0.250 e. The summed E-state index contributed by atoms with van der Waals surface area (Å²) in [6.45, 7) is 8.72. The van der Waals surface area contributed by atoms with Gasteiger partial charge in [-0.15, -0.1) is 10.2 Å². The van der Waals surface area contributed by atoms with Crippen molar-refractivity contribution in [1.82, 2.24) is 24.4 Å². The third kappa shape index (κ3) is 3.51. The molecule has 2 fully saturated rings. The summed E-state index contributed by atoms with van der Waals surface area (Å²) in [6, 6.07) is 0.499. The van der Waals surface area contributed by atoms with Crippen molar-refractivity contribution in [2.75, 3.05) is 26.2 Å². The Morgan fingerprint density at radius 2 is 1.64 bits per heavy atom. The second-order valence-corrected chi connectivity index (χ2v) is 9.81. The highest BCUT2D eigenvalue weighted by molar-refractivity contribution is 7.89. The molecule has 0 radical (unpaired) electrons. The lowest BCUT2D eigenvalue weighted by molar-refractivity contribution is 0.118. The lowest BCUT2D eigenvalue weighted by Gasteiger charge is -2.39. The molecule has 4 heterocycles. The van der Waals surface area contributed by atoms with Crippen molar-refractivity contribution in [1.29, 1.82) is 0 Å². The maximum atomic E-state index is 13.5. The highest BCUT2D eigenvalue weighted by atomic mass is 32.2. The number of sulfonamides is 1. The van der Waals surface area contributed by atoms with Crippen molar-refractivity contribution >= 4 is 10.0 Å². The minimum absolute atomic E-state index is 0.251. The van der Waals surface area contributed by atoms with Crippen molar-refractivity contribution < 1.29 is 12.8 Å². The van der Waals surface area contributed by atoms with Crippen molar-refractivity contribution in [3.05, 3.63) is 17.3 Å². The Labute approximate surface area is 166 Å². The predicted molar refractivity (Wildman–Crippen MR) is 106 cm³/mol. The molecule has 28 heavy (non-hydrogen) atoms. The van der Waals surface area contributed by atoms with E-state index in [1.165, 1.54) is 19.3 Å². The molecule has 0 amide bonds. The molecule has 0 saturated carbocycles. The SMILES string of the molecule is Cc1nnc(-c2c(C)[nH]c(C)c2S(=O)(=O)N2CCC(N3CCCCC3)CC2)o1. The Hall–Kier alpha value is -1.71. The Morgan fingerprint density at radius 1 is 0.964 bits per heavy atom. The highest BCUT2D eigenvalue weighted by Crippen LogP contribution is 2.35. The number of aryl methyl sites for hydroxylation is 3. The van der Waals surface area contributed by atoms with Crippen LogP contribution in [0.4, 0.5) is 0 Å². The van der Waals surface area contributed by atoms with E-state index in [0.29, 0.717) is 36.3 Å². The van der Waals surface area contributed by atoms with Crippen LogP contribution in [0.3, 0.4) is 0 Å². The van der Waals surface area contributed by atoms with Gasteiger partial charge in [0.2, 0.25) is 15.9 Å². The van der Waals surface area contributed by atoms with Gasteiger partial charge in [0.05, 0.1) is 5.56 Å². The number of hydrogen-bond acceptors (Lipinski definition) is 6. The van der Waals surface area contributed by atoms with Crippen LogP contribution >= 0.6 is 0 Å². The maximum absolute atomic E-state index is 13.5. The van der Waals surface area contributed by atoms with Crippen molar-refractivity contribution in [3.63, 3.8) is 0 Å². The molecule has 0 atom stereocenters. The summed E-state index contributed by atoms with van der Waals surface area (Å²) in [4.78, 5) is 5.96. The number of piperidine rings is 2. The summed E-state index contributed by atoms with van der Waals surface area (Å²) in [5.74, 6) is 0.667. The lowest BCUT2D eigenvalue weighted by Crippen LogP contribution is -2.48. The number of aromatic amines is 1. The van der Waals surface area contributed by atoms with E-state index in [0.717, 1.165) is 31.6 Å². The Morgan fingerprint density at radius 3 is 2.25 bits per heavy atom. The first-order valence-electron chi connectivity index (χ1n) is 10.1. The molecule has 8 nitrogen and oxygen atoms in total. The Balaban J connectivity index is 1.58. The van der Waals surface area contributed by atoms with Crippen LogP contribution in [0, 0.1) is 20.8 Å². The van der Waals surface area contributed by atoms with Gasteiger partial charge >= 0.3 is 0 Å². The molecular weight excluding hydrogens is 378 g/mol. The van der Waals surface area contributed by atoms with E-state index < -0.39 is 10.0 Å². The van der Waals surface area contributed by atoms with Gasteiger partial charge in [0, 0.05) is 37.4 Å². The van der Waals surface area contributed by atoms with Crippen LogP contribution in [-0.2, 0) is 10.0 Å². The Bertz CT molecular complexity index is 935. The van der Waals surface area contributed by atoms with Crippen LogP contribution in [-0.4, -0.2) is 65.0 Å². The fourth-order valence-corrected chi connectivity index (χ4v) is 6.48. The zero-order valence-corrected chi connectivity index (χ0v) is 17.7. The summed E-state index contributed by atoms with van der Waals surface area (Å²) >= 11 is 0. The molecule has 1 N–H and O–H groups in total. The fraction of sp³-hybridized carbons (Fsp3) is 0.684. The summed E-state index contributed by atoms with van der Waals surface area (Å²) in [5, 5.41) is 7.92. The van der Waals surface area contributed by atoms with Crippen molar-refractivity contribution in [3.8, 4) is 11.5 Å². The highest BCUT2D eigenvalue weighted by Gasteiger charge is 2.36. The van der Waals surface area contributed by atoms with Crippen LogP contribution in [0.1, 0.15) is 49.4 Å². The molecule has 0 unspecified atom stereocenters. The summed E-state index contributed by atoms with van der Waals surface area (Å²) < 4.78 is 34.2. The second kappa shape index (κ2) is 7.61. The molecule has 0 bridgehead atoms. The Kier molecular flexibility index (Phi) is 5.32. The molecule has 4 rings (SSSR count). The zero-order chi connectivity index (χ0) is 19.9. The van der Waals surface area contributed by atoms with E-state index in [-0.39, 0.29) is 10.8 Å². The number of likely N-dealkylation sites (tertiary alicyclic amines) is 1. The fourth-order valence-electron chi connectivity index (χ4n) is 4.60. The van der Waals surface area contributed by atoms with Crippen LogP contribution in [0.15, 0.2) is 9.31 Å². The number of H-pyrrole nitrogens is 1. The largest absolute Gasteiger partial charge is 0.421 e. The smallest absolute Gasteiger partial charge is 0.250 e. The van der Waals surface area contributed by atoms with Crippen LogP contribution in [0.5, 0.6) is 0 Å². The predicted octanol–water partition coefficient (Wildman–Crippen LogP) is 2.63. The number of nitrogens with one attached hydrogen (secondary N) is 1. The molecule has 2 saturated heterocycles. The first-order valence-corrected chi connectivity index (χ1v) is 11.6. The first kappa shape index (κ1) is 19.6. The number of hydrogen-bond donors (Lipinski definition) is 1. The molecule has 154 valence electrons. The van der Waals surface area contributed by atoms with Crippen LogP contribution in [0.25, 0.3) is 11.5 Å². The topological polar surface area (TPSA) is 95.3 Å². The van der Waals surface area contributed by atoms with E-state index in [9.17, 15) is 8.42 Å². The van der Waals surface area contributed by atoms with Gasteiger partial charge in [-0.2, -0.15) is 4.31 Å². The molecule has 0 aliphatic carbocycles. The third-order valence-electron chi connectivity index (χ3n) is 5.99. The molecule has 2 aromatic heterocycles. The molecule has 0 aromatic carbocycles. The molecule has 2 aliphatic heterocycles. The standard InChI is InChI=1S/C19H29N5O3S/c1-13-17(19-22-21-15(3)27-19)18(14(2)20-13)28(25,26)24-11-7-16(8-12-24)23-9-5-4-6-10-23/h16,20H,4-12H2,1-3H3. The number of aromatic nitrogens is 3. The van der Waals surface area contributed by atoms with Gasteiger partial charge in [-0.1, -0.05) is 6.42 Å². The average Bonchev–Trinajstić information content (AvgIpc) is 3.24. The van der Waals surface area contributed by atoms with Gasteiger partial charge in [0.1, 0.15) is 4.90 Å². The lowest BCUT2D eigenvalue weighted by atomic mass is 10.0. The average molecular weight is 408 g/mol. The summed E-state index contributed by atoms with van der Waals surface area (Å²) in [7, 11) is -3.64. The second-order valence-electron chi connectivity index (χ2n) is 7.94. The van der Waals surface area contributed by atoms with Gasteiger partial charge in [0.25, 0.3) is 5.89 Å². The normalized spacial score (nSPS) is 20.7. The van der Waals surface area contributed by atoms with Crippen molar-refractivity contribution in [2.24, 2.45) is 0 Å². The van der Waals surface area contributed by atoms with Gasteiger partial charge in [0.15, 0.2) is 0 Å². The summed E-state index contributed by atoms with van der Waals surface area (Å²) in [5.41, 5.74) is 1.83. The molecular formula is C19H29N5O3S. The van der Waals surface area contributed by atoms with Gasteiger partial charge in [-0.25, -0.2) is 8.42 Å². The minimum atomic E-state index is -3.64. The monoisotopic (exact) mass is 407 g/mol. The molecule has 2 aromatic rings. The quantitative estimate of drug-likeness (QED) is 0.837. The van der Waals surface area contributed by atoms with E-state index in [2.05, 4.69) is 20.1 Å². The third-order valence-corrected chi connectivity index (χ3v) is 8.06. The van der Waals surface area contributed by atoms with E-state index in [1.807, 2.05) is 6.92 Å². The zero-order valence-electron chi connectivity index (χ0n) is 16.9. The van der Waals surface area contributed by atoms with Crippen LogP contribution < -0.4 is 0 Å². The first-order chi connectivity index (χ1) is 13.4. The number of nitrogens with zero attached hydrogens (tertiary/aromatic N) is 4. The molecule has 2 aliphatic rings. The van der Waals surface area contributed by atoms with E-state index >= 15 is 0 Å². The minimum Gasteiger partial charge on any atom is -0.421 e. The van der Waals surface area contributed by atoms with Gasteiger partial charge in [-0.05, 0) is 52.6 Å². The van der Waals surface area contributed by atoms with Gasteiger partial charge < -0.3 is 14.3 Å². The van der Waals surface area contributed by atoms with Gasteiger partial charge in [-0.3, -0.25) is 0 Å². The molecule has 0 spiro atoms.